The van der Waals surface area contributed by atoms with Crippen LogP contribution in [0.25, 0.3) is 0 Å². The van der Waals surface area contributed by atoms with Crippen LogP contribution in [0.2, 0.25) is 0 Å². The van der Waals surface area contributed by atoms with Crippen LogP contribution in [0, 0.1) is 0 Å². The molecule has 0 saturated heterocycles. The number of sulfonamides is 1. The second-order valence-electron chi connectivity index (χ2n) is 7.38. The van der Waals surface area contributed by atoms with Gasteiger partial charge >= 0.3 is 0 Å². The summed E-state index contributed by atoms with van der Waals surface area (Å²) in [5.41, 5.74) is 0.453. The van der Waals surface area contributed by atoms with Gasteiger partial charge in [-0.05, 0) is 57.4 Å². The van der Waals surface area contributed by atoms with Crippen molar-refractivity contribution in [2.24, 2.45) is 0 Å². The molecule has 0 atom stereocenters. The highest BCUT2D eigenvalue weighted by Crippen LogP contribution is 2.20. The minimum Gasteiger partial charge on any atom is -0.378 e. The van der Waals surface area contributed by atoms with E-state index < -0.39 is 10.0 Å². The van der Waals surface area contributed by atoms with Gasteiger partial charge in [-0.15, -0.1) is 0 Å². The third kappa shape index (κ3) is 6.30. The molecule has 1 aromatic carbocycles. The van der Waals surface area contributed by atoms with Crippen molar-refractivity contribution in [1.82, 2.24) is 9.62 Å². The highest BCUT2D eigenvalue weighted by molar-refractivity contribution is 7.89. The summed E-state index contributed by atoms with van der Waals surface area (Å²) in [6.07, 6.45) is 7.26. The molecule has 6 nitrogen and oxygen atoms in total. The Morgan fingerprint density at radius 1 is 1.19 bits per heavy atom. The van der Waals surface area contributed by atoms with Crippen LogP contribution in [0.15, 0.2) is 29.2 Å². The van der Waals surface area contributed by atoms with E-state index in [1.54, 1.807) is 19.2 Å². The number of benzene rings is 1. The van der Waals surface area contributed by atoms with Crippen LogP contribution in [0.4, 0.5) is 0 Å². The summed E-state index contributed by atoms with van der Waals surface area (Å²) in [6, 6.07) is 5.93. The van der Waals surface area contributed by atoms with Crippen molar-refractivity contribution < 1.29 is 17.9 Å². The van der Waals surface area contributed by atoms with E-state index in [4.69, 9.17) is 4.74 Å². The van der Waals surface area contributed by atoms with Crippen molar-refractivity contribution in [2.45, 2.75) is 69.4 Å². The van der Waals surface area contributed by atoms with Crippen molar-refractivity contribution in [2.75, 3.05) is 20.2 Å². The maximum absolute atomic E-state index is 12.4. The van der Waals surface area contributed by atoms with Gasteiger partial charge in [0.15, 0.2) is 0 Å². The molecule has 0 radical (unpaired) electrons. The number of carbonyl (C=O) groups excluding carboxylic acids is 1. The zero-order valence-corrected chi connectivity index (χ0v) is 17.4. The number of rotatable bonds is 9. The molecule has 1 saturated carbocycles. The lowest BCUT2D eigenvalue weighted by atomic mass is 9.98. The molecule has 152 valence electrons. The molecule has 1 N–H and O–H groups in total. The lowest BCUT2D eigenvalue weighted by Crippen LogP contribution is -2.33. The van der Waals surface area contributed by atoms with Crippen molar-refractivity contribution in [1.29, 1.82) is 0 Å². The van der Waals surface area contributed by atoms with Crippen LogP contribution in [-0.4, -0.2) is 51.0 Å². The molecule has 1 aliphatic rings. The van der Waals surface area contributed by atoms with Crippen LogP contribution in [0.5, 0.6) is 0 Å². The number of amides is 1. The molecule has 0 aromatic heterocycles. The smallest absolute Gasteiger partial charge is 0.251 e. The van der Waals surface area contributed by atoms with Crippen molar-refractivity contribution in [3.8, 4) is 0 Å². The van der Waals surface area contributed by atoms with Crippen LogP contribution in [-0.2, 0) is 14.8 Å². The Bertz CT molecular complexity index is 695. The highest BCUT2D eigenvalue weighted by atomic mass is 32.2. The Balaban J connectivity index is 1.78. The number of hydrogen-bond donors (Lipinski definition) is 1. The molecule has 0 unspecified atom stereocenters. The van der Waals surface area contributed by atoms with Gasteiger partial charge in [-0.3, -0.25) is 4.79 Å². The maximum atomic E-state index is 12.4. The quantitative estimate of drug-likeness (QED) is 0.651. The Kier molecular flexibility index (Phi) is 8.26. The van der Waals surface area contributed by atoms with Gasteiger partial charge in [0.2, 0.25) is 10.0 Å². The fourth-order valence-corrected chi connectivity index (χ4v) is 4.45. The first kappa shape index (κ1) is 21.9. The first-order chi connectivity index (χ1) is 12.8. The number of hydrogen-bond acceptors (Lipinski definition) is 4. The summed E-state index contributed by atoms with van der Waals surface area (Å²) in [7, 11) is -1.98. The van der Waals surface area contributed by atoms with E-state index in [0.717, 1.165) is 19.3 Å². The fourth-order valence-electron chi connectivity index (χ4n) is 3.08. The average Bonchev–Trinajstić information content (AvgIpc) is 2.67. The SMILES string of the molecule is CC(C)N(C)S(=O)(=O)c1ccc(C(=O)NCCCOC2CCCCC2)cc1. The first-order valence-electron chi connectivity index (χ1n) is 9.80. The average molecular weight is 397 g/mol. The number of nitrogens with one attached hydrogen (secondary N) is 1. The molecule has 7 heteroatoms. The third-order valence-electron chi connectivity index (χ3n) is 5.03. The summed E-state index contributed by atoms with van der Waals surface area (Å²) in [5.74, 6) is -0.200. The van der Waals surface area contributed by atoms with E-state index >= 15 is 0 Å². The fraction of sp³-hybridized carbons (Fsp3) is 0.650. The zero-order valence-electron chi connectivity index (χ0n) is 16.6. The van der Waals surface area contributed by atoms with Gasteiger partial charge in [0, 0.05) is 31.8 Å². The predicted molar refractivity (Wildman–Crippen MR) is 106 cm³/mol. The van der Waals surface area contributed by atoms with Crippen molar-refractivity contribution in [3.05, 3.63) is 29.8 Å². The zero-order chi connectivity index (χ0) is 19.9. The van der Waals surface area contributed by atoms with E-state index in [9.17, 15) is 13.2 Å². The molecule has 1 fully saturated rings. The standard InChI is InChI=1S/C20H32N2O4S/c1-16(2)22(3)27(24,25)19-12-10-17(11-13-19)20(23)21-14-7-15-26-18-8-5-4-6-9-18/h10-13,16,18H,4-9,14-15H2,1-3H3,(H,21,23). The summed E-state index contributed by atoms with van der Waals surface area (Å²) in [5, 5.41) is 2.86. The Morgan fingerprint density at radius 2 is 1.81 bits per heavy atom. The summed E-state index contributed by atoms with van der Waals surface area (Å²) < 4.78 is 32.0. The monoisotopic (exact) mass is 396 g/mol. The lowest BCUT2D eigenvalue weighted by Gasteiger charge is -2.22. The molecule has 1 aromatic rings. The highest BCUT2D eigenvalue weighted by Gasteiger charge is 2.23. The van der Waals surface area contributed by atoms with E-state index in [1.165, 1.54) is 35.7 Å². The van der Waals surface area contributed by atoms with Crippen molar-refractivity contribution >= 4 is 15.9 Å². The van der Waals surface area contributed by atoms with Crippen LogP contribution in [0.3, 0.4) is 0 Å². The largest absolute Gasteiger partial charge is 0.378 e. The van der Waals surface area contributed by atoms with Gasteiger partial charge < -0.3 is 10.1 Å². The number of carbonyl (C=O) groups is 1. The Labute approximate surface area is 163 Å². The molecule has 1 amide bonds. The molecule has 0 spiro atoms. The number of ether oxygens (including phenoxy) is 1. The summed E-state index contributed by atoms with van der Waals surface area (Å²) >= 11 is 0. The van der Waals surface area contributed by atoms with Crippen LogP contribution < -0.4 is 5.32 Å². The maximum Gasteiger partial charge on any atom is 0.251 e. The Morgan fingerprint density at radius 3 is 2.41 bits per heavy atom. The van der Waals surface area contributed by atoms with Gasteiger partial charge in [-0.2, -0.15) is 4.31 Å². The minimum atomic E-state index is -3.53. The van der Waals surface area contributed by atoms with Gasteiger partial charge in [0.25, 0.3) is 5.91 Å². The second-order valence-corrected chi connectivity index (χ2v) is 9.38. The van der Waals surface area contributed by atoms with Gasteiger partial charge in [0.1, 0.15) is 0 Å². The summed E-state index contributed by atoms with van der Waals surface area (Å²) in [4.78, 5) is 12.4. The normalized spacial score (nSPS) is 16.0. The predicted octanol–water partition coefficient (Wildman–Crippen LogP) is 3.18. The first-order valence-corrected chi connectivity index (χ1v) is 11.2. The summed E-state index contributed by atoms with van der Waals surface area (Å²) in [6.45, 7) is 4.83. The van der Waals surface area contributed by atoms with Crippen LogP contribution in [0.1, 0.15) is 62.7 Å². The molecule has 1 aliphatic carbocycles. The minimum absolute atomic E-state index is 0.131. The molecule has 27 heavy (non-hydrogen) atoms. The van der Waals surface area contributed by atoms with Gasteiger partial charge in [-0.1, -0.05) is 19.3 Å². The molecule has 0 bridgehead atoms. The van der Waals surface area contributed by atoms with Gasteiger partial charge in [0.05, 0.1) is 11.0 Å². The molecule has 2 rings (SSSR count). The van der Waals surface area contributed by atoms with Crippen molar-refractivity contribution in [3.63, 3.8) is 0 Å². The molecular weight excluding hydrogens is 364 g/mol. The van der Waals surface area contributed by atoms with E-state index in [-0.39, 0.29) is 16.8 Å². The van der Waals surface area contributed by atoms with E-state index in [2.05, 4.69) is 5.32 Å². The third-order valence-corrected chi connectivity index (χ3v) is 7.08. The van der Waals surface area contributed by atoms with Crippen LogP contribution >= 0.6 is 0 Å². The second kappa shape index (κ2) is 10.2. The van der Waals surface area contributed by atoms with E-state index in [0.29, 0.717) is 24.8 Å². The van der Waals surface area contributed by atoms with Gasteiger partial charge in [-0.25, -0.2) is 8.42 Å². The lowest BCUT2D eigenvalue weighted by molar-refractivity contribution is 0.0273. The topological polar surface area (TPSA) is 75.7 Å². The van der Waals surface area contributed by atoms with E-state index in [1.807, 2.05) is 13.8 Å². The molecule has 0 aliphatic heterocycles. The molecular formula is C20H32N2O4S. The Hall–Kier alpha value is -1.44. The number of nitrogens with zero attached hydrogens (tertiary/aromatic N) is 1. The molecule has 0 heterocycles.